The smallest absolute Gasteiger partial charge is 0.264 e. The third kappa shape index (κ3) is 9.11. The quantitative estimate of drug-likeness (QED) is 0.153. The maximum Gasteiger partial charge on any atom is 0.264 e. The van der Waals surface area contributed by atoms with Crippen LogP contribution in [-0.4, -0.2) is 50.9 Å². The fourth-order valence-electron chi connectivity index (χ4n) is 4.84. The maximum atomic E-state index is 14.5. The van der Waals surface area contributed by atoms with Crippen LogP contribution in [0, 0.1) is 0 Å². The van der Waals surface area contributed by atoms with Crippen molar-refractivity contribution in [2.45, 2.75) is 50.2 Å². The monoisotopic (exact) mass is 725 g/mol. The summed E-state index contributed by atoms with van der Waals surface area (Å²) in [5.41, 5.74) is 1.88. The molecule has 0 saturated heterocycles. The molecule has 0 bridgehead atoms. The molecule has 1 N–H and O–H groups in total. The van der Waals surface area contributed by atoms with Crippen LogP contribution in [0.3, 0.4) is 0 Å². The zero-order chi connectivity index (χ0) is 33.3. The van der Waals surface area contributed by atoms with E-state index in [-0.39, 0.29) is 35.5 Å². The fraction of sp³-hybridized carbons (Fsp3) is 0.257. The SMILES string of the molecule is CC[C@H](C)NC(=O)[C@H](Cc1ccccc1)N(Cc1cccc(Br)c1)C(=O)CN(c1ccc(Cl)cc1)S(=O)(=O)c1ccc(OC)cc1. The summed E-state index contributed by atoms with van der Waals surface area (Å²) < 4.78 is 35.4. The number of methoxy groups -OCH3 is 1. The van der Waals surface area contributed by atoms with Crippen molar-refractivity contribution in [3.8, 4) is 5.75 Å². The van der Waals surface area contributed by atoms with Crippen LogP contribution in [0.2, 0.25) is 5.02 Å². The Morgan fingerprint density at radius 1 is 0.913 bits per heavy atom. The molecule has 0 fully saturated rings. The van der Waals surface area contributed by atoms with Crippen molar-refractivity contribution in [3.05, 3.63) is 124 Å². The summed E-state index contributed by atoms with van der Waals surface area (Å²) in [5.74, 6) is -0.380. The van der Waals surface area contributed by atoms with Crippen molar-refractivity contribution >= 4 is 55.1 Å². The summed E-state index contributed by atoms with van der Waals surface area (Å²) in [6.07, 6.45) is 0.933. The Hall–Kier alpha value is -3.86. The van der Waals surface area contributed by atoms with Crippen molar-refractivity contribution < 1.29 is 22.7 Å². The lowest BCUT2D eigenvalue weighted by Crippen LogP contribution is -2.54. The molecule has 0 heterocycles. The molecule has 0 aliphatic carbocycles. The minimum absolute atomic E-state index is 0.0232. The van der Waals surface area contributed by atoms with E-state index in [0.717, 1.165) is 19.9 Å². The van der Waals surface area contributed by atoms with Crippen molar-refractivity contribution in [1.29, 1.82) is 0 Å². The first-order valence-electron chi connectivity index (χ1n) is 14.8. The number of sulfonamides is 1. The molecule has 0 spiro atoms. The lowest BCUT2D eigenvalue weighted by atomic mass is 10.0. The van der Waals surface area contributed by atoms with Crippen molar-refractivity contribution in [2.75, 3.05) is 18.0 Å². The number of nitrogens with one attached hydrogen (secondary N) is 1. The van der Waals surface area contributed by atoms with Crippen LogP contribution in [0.1, 0.15) is 31.4 Å². The normalized spacial score (nSPS) is 12.5. The van der Waals surface area contributed by atoms with E-state index in [9.17, 15) is 18.0 Å². The summed E-state index contributed by atoms with van der Waals surface area (Å²) in [7, 11) is -2.76. The molecular weight excluding hydrogens is 690 g/mol. The first kappa shape index (κ1) is 35.0. The van der Waals surface area contributed by atoms with E-state index in [2.05, 4.69) is 21.2 Å². The molecule has 11 heteroatoms. The number of carbonyl (C=O) groups is 2. The minimum Gasteiger partial charge on any atom is -0.497 e. The predicted octanol–water partition coefficient (Wildman–Crippen LogP) is 6.86. The second-order valence-corrected chi connectivity index (χ2v) is 14.1. The van der Waals surface area contributed by atoms with Gasteiger partial charge in [-0.15, -0.1) is 0 Å². The molecule has 0 aliphatic rings. The van der Waals surface area contributed by atoms with Gasteiger partial charge in [-0.1, -0.05) is 76.9 Å². The number of hydrogen-bond acceptors (Lipinski definition) is 5. The van der Waals surface area contributed by atoms with Gasteiger partial charge >= 0.3 is 0 Å². The van der Waals surface area contributed by atoms with Gasteiger partial charge in [0.05, 0.1) is 17.7 Å². The van der Waals surface area contributed by atoms with Crippen LogP contribution in [0.4, 0.5) is 5.69 Å². The highest BCUT2D eigenvalue weighted by atomic mass is 79.9. The maximum absolute atomic E-state index is 14.5. The van der Waals surface area contributed by atoms with Gasteiger partial charge in [0, 0.05) is 28.5 Å². The molecule has 0 saturated carbocycles. The number of ether oxygens (including phenoxy) is 1. The van der Waals surface area contributed by atoms with Crippen LogP contribution >= 0.6 is 27.5 Å². The Balaban J connectivity index is 1.80. The number of hydrogen-bond donors (Lipinski definition) is 1. The molecule has 4 rings (SSSR count). The number of benzene rings is 4. The average molecular weight is 727 g/mol. The van der Waals surface area contributed by atoms with Crippen molar-refractivity contribution in [3.63, 3.8) is 0 Å². The summed E-state index contributed by atoms with van der Waals surface area (Å²) >= 11 is 9.64. The summed E-state index contributed by atoms with van der Waals surface area (Å²) in [6, 6.07) is 28.0. The molecule has 4 aromatic carbocycles. The van der Waals surface area contributed by atoms with Crippen LogP contribution in [0.15, 0.2) is 112 Å². The van der Waals surface area contributed by atoms with Gasteiger partial charge in [-0.2, -0.15) is 0 Å². The summed E-state index contributed by atoms with van der Waals surface area (Å²) in [4.78, 5) is 29.9. The van der Waals surface area contributed by atoms with Gasteiger partial charge < -0.3 is 15.0 Å². The van der Waals surface area contributed by atoms with Gasteiger partial charge in [0.1, 0.15) is 18.3 Å². The van der Waals surface area contributed by atoms with E-state index < -0.39 is 28.5 Å². The molecule has 2 amide bonds. The Bertz CT molecular complexity index is 1720. The number of halogens is 2. The molecule has 242 valence electrons. The van der Waals surface area contributed by atoms with E-state index in [1.807, 2.05) is 68.4 Å². The Labute approximate surface area is 284 Å². The lowest BCUT2D eigenvalue weighted by Gasteiger charge is -2.34. The standard InChI is InChI=1S/C35H37BrClN3O5S/c1-4-25(2)38-35(42)33(22-26-9-6-5-7-10-26)39(23-27-11-8-12-28(36)21-27)34(41)24-40(30-15-13-29(37)14-16-30)46(43,44)32-19-17-31(45-3)18-20-32/h5-21,25,33H,4,22-24H2,1-3H3,(H,38,42)/t25-,33-/m0/s1. The second-order valence-electron chi connectivity index (χ2n) is 10.8. The second kappa shape index (κ2) is 16.1. The summed E-state index contributed by atoms with van der Waals surface area (Å²) in [6.45, 7) is 3.38. The first-order chi connectivity index (χ1) is 22.0. The van der Waals surface area contributed by atoms with Gasteiger partial charge in [-0.3, -0.25) is 13.9 Å². The minimum atomic E-state index is -4.25. The van der Waals surface area contributed by atoms with Gasteiger partial charge in [-0.25, -0.2) is 8.42 Å². The van der Waals surface area contributed by atoms with Gasteiger partial charge in [0.15, 0.2) is 0 Å². The van der Waals surface area contributed by atoms with E-state index in [0.29, 0.717) is 17.2 Å². The summed E-state index contributed by atoms with van der Waals surface area (Å²) in [5, 5.41) is 3.45. The molecule has 8 nitrogen and oxygen atoms in total. The van der Waals surface area contributed by atoms with Crippen molar-refractivity contribution in [2.24, 2.45) is 0 Å². The Kier molecular flexibility index (Phi) is 12.3. The number of carbonyl (C=O) groups excluding carboxylic acids is 2. The average Bonchev–Trinajstić information content (AvgIpc) is 3.06. The molecule has 2 atom stereocenters. The topological polar surface area (TPSA) is 96.0 Å². The molecule has 0 radical (unpaired) electrons. The van der Waals surface area contributed by atoms with Crippen LogP contribution in [-0.2, 0) is 32.6 Å². The third-order valence-corrected chi connectivity index (χ3v) is 10.1. The fourth-order valence-corrected chi connectivity index (χ4v) is 6.82. The molecule has 0 aromatic heterocycles. The molecule has 0 unspecified atom stereocenters. The zero-order valence-corrected chi connectivity index (χ0v) is 29.1. The van der Waals surface area contributed by atoms with E-state index in [1.165, 1.54) is 24.1 Å². The van der Waals surface area contributed by atoms with E-state index in [4.69, 9.17) is 16.3 Å². The van der Waals surface area contributed by atoms with Crippen LogP contribution in [0.25, 0.3) is 0 Å². The van der Waals surface area contributed by atoms with Crippen LogP contribution in [0.5, 0.6) is 5.75 Å². The predicted molar refractivity (Wildman–Crippen MR) is 185 cm³/mol. The number of nitrogens with zero attached hydrogens (tertiary/aromatic N) is 2. The van der Waals surface area contributed by atoms with Gasteiger partial charge in [-0.05, 0) is 85.1 Å². The van der Waals surface area contributed by atoms with Crippen LogP contribution < -0.4 is 14.4 Å². The highest BCUT2D eigenvalue weighted by molar-refractivity contribution is 9.10. The largest absolute Gasteiger partial charge is 0.497 e. The Morgan fingerprint density at radius 2 is 1.57 bits per heavy atom. The van der Waals surface area contributed by atoms with E-state index >= 15 is 0 Å². The van der Waals surface area contributed by atoms with Gasteiger partial charge in [0.25, 0.3) is 10.0 Å². The first-order valence-corrected chi connectivity index (χ1v) is 17.4. The number of amides is 2. The zero-order valence-electron chi connectivity index (χ0n) is 25.9. The van der Waals surface area contributed by atoms with E-state index in [1.54, 1.807) is 36.4 Å². The molecular formula is C35H37BrClN3O5S. The molecule has 0 aliphatic heterocycles. The van der Waals surface area contributed by atoms with Gasteiger partial charge in [0.2, 0.25) is 11.8 Å². The third-order valence-electron chi connectivity index (χ3n) is 7.55. The number of anilines is 1. The van der Waals surface area contributed by atoms with Crippen molar-refractivity contribution in [1.82, 2.24) is 10.2 Å². The number of rotatable bonds is 14. The highest BCUT2D eigenvalue weighted by Crippen LogP contribution is 2.27. The Morgan fingerprint density at radius 3 is 2.17 bits per heavy atom. The molecule has 4 aromatic rings. The lowest BCUT2D eigenvalue weighted by molar-refractivity contribution is -0.140. The highest BCUT2D eigenvalue weighted by Gasteiger charge is 2.35. The molecule has 46 heavy (non-hydrogen) atoms.